The van der Waals surface area contributed by atoms with Crippen LogP contribution in [0.1, 0.15) is 25.2 Å². The van der Waals surface area contributed by atoms with Crippen LogP contribution in [0.25, 0.3) is 0 Å². The molecule has 5 heteroatoms. The zero-order valence-corrected chi connectivity index (χ0v) is 12.8. The number of benzene rings is 1. The molecule has 0 bridgehead atoms. The third-order valence-electron chi connectivity index (χ3n) is 3.00. The molecule has 1 aromatic carbocycles. The lowest BCUT2D eigenvalue weighted by Gasteiger charge is -2.13. The Balaban J connectivity index is 2.03. The third-order valence-corrected chi connectivity index (χ3v) is 3.00. The number of methoxy groups -OCH3 is 1. The first-order valence-corrected chi connectivity index (χ1v) is 7.09. The molecule has 21 heavy (non-hydrogen) atoms. The highest BCUT2D eigenvalue weighted by Crippen LogP contribution is 2.25. The summed E-state index contributed by atoms with van der Waals surface area (Å²) in [6.07, 6.45) is 1.61. The van der Waals surface area contributed by atoms with Gasteiger partial charge in [-0.15, -0.1) is 0 Å². The van der Waals surface area contributed by atoms with Crippen molar-refractivity contribution in [2.45, 2.75) is 27.0 Å². The molecule has 0 saturated heterocycles. The topological polar surface area (TPSA) is 56.5 Å². The van der Waals surface area contributed by atoms with E-state index in [2.05, 4.69) is 24.3 Å². The molecule has 5 nitrogen and oxygen atoms in total. The summed E-state index contributed by atoms with van der Waals surface area (Å²) in [7, 11) is 1.66. The van der Waals surface area contributed by atoms with E-state index < -0.39 is 0 Å². The van der Waals surface area contributed by atoms with Crippen LogP contribution in [0.3, 0.4) is 0 Å². The predicted molar refractivity (Wildman–Crippen MR) is 80.4 cm³/mol. The molecule has 114 valence electrons. The fourth-order valence-corrected chi connectivity index (χ4v) is 1.92. The first kappa shape index (κ1) is 15.4. The van der Waals surface area contributed by atoms with Gasteiger partial charge in [-0.25, -0.2) is 0 Å². The van der Waals surface area contributed by atoms with Gasteiger partial charge in [-0.05, 0) is 30.7 Å². The van der Waals surface area contributed by atoms with Gasteiger partial charge in [0.25, 0.3) is 0 Å². The lowest BCUT2D eigenvalue weighted by atomic mass is 10.1. The number of ether oxygens (including phenoxy) is 2. The van der Waals surface area contributed by atoms with Gasteiger partial charge < -0.3 is 19.3 Å². The molecule has 2 aromatic rings. The Morgan fingerprint density at radius 1 is 1.29 bits per heavy atom. The fraction of sp³-hybridized carbons (Fsp3) is 0.438. The number of nitrogens with one attached hydrogen (secondary N) is 1. The van der Waals surface area contributed by atoms with Gasteiger partial charge in [0, 0.05) is 18.2 Å². The van der Waals surface area contributed by atoms with Crippen molar-refractivity contribution in [1.29, 1.82) is 0 Å². The van der Waals surface area contributed by atoms with E-state index in [1.54, 1.807) is 19.4 Å². The minimum absolute atomic E-state index is 0.365. The summed E-state index contributed by atoms with van der Waals surface area (Å²) in [6.45, 7) is 6.42. The van der Waals surface area contributed by atoms with Crippen molar-refractivity contribution in [2.75, 3.05) is 13.7 Å². The van der Waals surface area contributed by atoms with Crippen molar-refractivity contribution < 1.29 is 14.0 Å². The lowest BCUT2D eigenvalue weighted by Crippen LogP contribution is -2.19. The number of rotatable bonds is 8. The van der Waals surface area contributed by atoms with Crippen molar-refractivity contribution in [3.63, 3.8) is 0 Å². The van der Waals surface area contributed by atoms with Gasteiger partial charge in [0.1, 0.15) is 18.1 Å². The molecule has 0 radical (unpaired) electrons. The summed E-state index contributed by atoms with van der Waals surface area (Å²) in [4.78, 5) is 0. The van der Waals surface area contributed by atoms with Crippen LogP contribution in [0.5, 0.6) is 11.5 Å². The zero-order valence-electron chi connectivity index (χ0n) is 12.8. The van der Waals surface area contributed by atoms with Crippen LogP contribution >= 0.6 is 0 Å². The van der Waals surface area contributed by atoms with Crippen molar-refractivity contribution in [1.82, 2.24) is 10.5 Å². The minimum Gasteiger partial charge on any atom is -0.497 e. The molecule has 0 spiro atoms. The fourth-order valence-electron chi connectivity index (χ4n) is 1.92. The number of hydrogen-bond donors (Lipinski definition) is 1. The molecule has 0 unspecified atom stereocenters. The van der Waals surface area contributed by atoms with E-state index in [1.165, 1.54) is 0 Å². The van der Waals surface area contributed by atoms with Crippen LogP contribution in [0.2, 0.25) is 0 Å². The molecule has 1 heterocycles. The molecule has 0 aliphatic carbocycles. The summed E-state index contributed by atoms with van der Waals surface area (Å²) < 4.78 is 16.1. The van der Waals surface area contributed by atoms with Gasteiger partial charge in [-0.3, -0.25) is 0 Å². The van der Waals surface area contributed by atoms with Crippen molar-refractivity contribution in [3.8, 4) is 11.5 Å². The van der Waals surface area contributed by atoms with Gasteiger partial charge in [-0.1, -0.05) is 19.0 Å². The van der Waals surface area contributed by atoms with E-state index in [0.717, 1.165) is 30.2 Å². The van der Waals surface area contributed by atoms with E-state index in [4.69, 9.17) is 14.0 Å². The van der Waals surface area contributed by atoms with Crippen molar-refractivity contribution in [2.24, 2.45) is 5.92 Å². The van der Waals surface area contributed by atoms with Crippen LogP contribution in [0.4, 0.5) is 0 Å². The van der Waals surface area contributed by atoms with E-state index >= 15 is 0 Å². The maximum Gasteiger partial charge on any atom is 0.174 e. The standard InChI is InChI=1S/C16H22N2O3/c1-12(2)9-17-10-13-8-14(19-3)4-5-16(13)20-11-15-6-7-18-21-15/h4-8,12,17H,9-11H2,1-3H3. The highest BCUT2D eigenvalue weighted by Gasteiger charge is 2.08. The molecular formula is C16H22N2O3. The second kappa shape index (κ2) is 7.69. The Labute approximate surface area is 125 Å². The Hall–Kier alpha value is -2.01. The Morgan fingerprint density at radius 2 is 2.14 bits per heavy atom. The molecule has 0 saturated carbocycles. The Bertz CT molecular complexity index is 538. The van der Waals surface area contributed by atoms with Crippen LogP contribution in [-0.2, 0) is 13.2 Å². The first-order valence-electron chi connectivity index (χ1n) is 7.09. The predicted octanol–water partition coefficient (Wildman–Crippen LogP) is 3.01. The first-order chi connectivity index (χ1) is 10.2. The molecule has 0 atom stereocenters. The lowest BCUT2D eigenvalue weighted by molar-refractivity contribution is 0.246. The molecule has 1 aromatic heterocycles. The average Bonchev–Trinajstić information content (AvgIpc) is 2.98. The third kappa shape index (κ3) is 4.79. The normalized spacial score (nSPS) is 10.9. The maximum absolute atomic E-state index is 5.81. The molecule has 0 aliphatic rings. The van der Waals surface area contributed by atoms with Gasteiger partial charge in [0.2, 0.25) is 0 Å². The number of hydrogen-bond acceptors (Lipinski definition) is 5. The van der Waals surface area contributed by atoms with Gasteiger partial charge >= 0.3 is 0 Å². The molecule has 1 N–H and O–H groups in total. The molecule has 2 rings (SSSR count). The van der Waals surface area contributed by atoms with E-state index in [1.807, 2.05) is 18.2 Å². The SMILES string of the molecule is COc1ccc(OCc2ccno2)c(CNCC(C)C)c1. The van der Waals surface area contributed by atoms with Crippen molar-refractivity contribution >= 4 is 0 Å². The Morgan fingerprint density at radius 3 is 2.81 bits per heavy atom. The Kier molecular flexibility index (Phi) is 5.63. The molecule has 0 fully saturated rings. The summed E-state index contributed by atoms with van der Waals surface area (Å²) in [5, 5.41) is 7.08. The quantitative estimate of drug-likeness (QED) is 0.810. The molecular weight excluding hydrogens is 268 g/mol. The second-order valence-corrected chi connectivity index (χ2v) is 5.27. The van der Waals surface area contributed by atoms with Crippen LogP contribution in [0.15, 0.2) is 35.0 Å². The summed E-state index contributed by atoms with van der Waals surface area (Å²) >= 11 is 0. The van der Waals surface area contributed by atoms with E-state index in [-0.39, 0.29) is 0 Å². The van der Waals surface area contributed by atoms with Gasteiger partial charge in [-0.2, -0.15) is 0 Å². The molecule has 0 amide bonds. The van der Waals surface area contributed by atoms with Crippen LogP contribution in [-0.4, -0.2) is 18.8 Å². The summed E-state index contributed by atoms with van der Waals surface area (Å²) in [5.41, 5.74) is 1.06. The second-order valence-electron chi connectivity index (χ2n) is 5.27. The van der Waals surface area contributed by atoms with Crippen LogP contribution < -0.4 is 14.8 Å². The summed E-state index contributed by atoms with van der Waals surface area (Å²) in [6, 6.07) is 7.59. The monoisotopic (exact) mass is 290 g/mol. The van der Waals surface area contributed by atoms with Crippen LogP contribution in [0, 0.1) is 5.92 Å². The highest BCUT2D eigenvalue weighted by atomic mass is 16.5. The smallest absolute Gasteiger partial charge is 0.174 e. The minimum atomic E-state index is 0.365. The number of nitrogens with zero attached hydrogens (tertiary/aromatic N) is 1. The zero-order chi connectivity index (χ0) is 15.1. The average molecular weight is 290 g/mol. The number of aromatic nitrogens is 1. The van der Waals surface area contributed by atoms with E-state index in [0.29, 0.717) is 18.3 Å². The largest absolute Gasteiger partial charge is 0.497 e. The molecule has 0 aliphatic heterocycles. The van der Waals surface area contributed by atoms with Gasteiger partial charge in [0.05, 0.1) is 13.3 Å². The van der Waals surface area contributed by atoms with Gasteiger partial charge in [0.15, 0.2) is 5.76 Å². The highest BCUT2D eigenvalue weighted by molar-refractivity contribution is 5.40. The summed E-state index contributed by atoms with van der Waals surface area (Å²) in [5.74, 6) is 2.95. The van der Waals surface area contributed by atoms with Crippen molar-refractivity contribution in [3.05, 3.63) is 41.8 Å². The maximum atomic E-state index is 5.81. The van der Waals surface area contributed by atoms with E-state index in [9.17, 15) is 0 Å².